The summed E-state index contributed by atoms with van der Waals surface area (Å²) in [5, 5.41) is 20.3. The number of aliphatic hydroxyl groups excluding tert-OH is 1. The number of aryl methyl sites for hydroxylation is 1. The van der Waals surface area contributed by atoms with Crippen molar-refractivity contribution in [1.82, 2.24) is 4.90 Å². The van der Waals surface area contributed by atoms with Crippen LogP contribution in [0.25, 0.3) is 0 Å². The van der Waals surface area contributed by atoms with Crippen LogP contribution in [0.3, 0.4) is 0 Å². The van der Waals surface area contributed by atoms with Crippen molar-refractivity contribution in [1.29, 1.82) is 0 Å². The van der Waals surface area contributed by atoms with E-state index in [9.17, 15) is 41.4 Å². The molecule has 4 rings (SSSR count). The average molecular weight is 588 g/mol. The Morgan fingerprint density at radius 3 is 2.05 bits per heavy atom. The maximum atomic E-state index is 13.5. The Morgan fingerprint density at radius 2 is 1.56 bits per heavy atom. The molecule has 1 saturated heterocycles. The molecule has 1 aliphatic heterocycles. The first-order valence-corrected chi connectivity index (χ1v) is 13.5. The topological polar surface area (TPSA) is 70.0 Å². The summed E-state index contributed by atoms with van der Waals surface area (Å²) in [5.41, 5.74) is -1.97. The fourth-order valence-electron chi connectivity index (χ4n) is 6.96. The van der Waals surface area contributed by atoms with Gasteiger partial charge in [0.1, 0.15) is 6.10 Å². The lowest BCUT2D eigenvalue weighted by Crippen LogP contribution is -2.46. The van der Waals surface area contributed by atoms with Gasteiger partial charge in [-0.3, -0.25) is 0 Å². The maximum Gasteiger partial charge on any atom is 0.416 e. The fraction of sp³-hybridized carbons (Fsp3) is 0.567. The van der Waals surface area contributed by atoms with Crippen LogP contribution in [0.1, 0.15) is 73.5 Å². The van der Waals surface area contributed by atoms with Crippen molar-refractivity contribution < 1.29 is 46.1 Å². The number of benzene rings is 2. The molecule has 2 N–H and O–H groups in total. The van der Waals surface area contributed by atoms with E-state index >= 15 is 0 Å². The van der Waals surface area contributed by atoms with Crippen LogP contribution in [0, 0.1) is 24.2 Å². The van der Waals surface area contributed by atoms with Gasteiger partial charge in [0.2, 0.25) is 0 Å². The summed E-state index contributed by atoms with van der Waals surface area (Å²) in [4.78, 5) is 13.8. The Hall–Kier alpha value is -2.79. The van der Waals surface area contributed by atoms with Crippen molar-refractivity contribution in [3.05, 3.63) is 70.3 Å². The molecule has 0 spiro atoms. The number of nitrogens with zero attached hydrogens (tertiary/aromatic N) is 1. The Bertz CT molecular complexity index is 1220. The van der Waals surface area contributed by atoms with Crippen LogP contribution < -0.4 is 0 Å². The molecule has 41 heavy (non-hydrogen) atoms. The summed E-state index contributed by atoms with van der Waals surface area (Å²) < 4.78 is 87.5. The van der Waals surface area contributed by atoms with E-state index in [1.807, 2.05) is 52.0 Å². The number of carboxylic acid groups (broad SMARTS) is 1. The van der Waals surface area contributed by atoms with E-state index < -0.39 is 59.9 Å². The highest BCUT2D eigenvalue weighted by molar-refractivity contribution is 5.66. The highest BCUT2D eigenvalue weighted by atomic mass is 19.4. The van der Waals surface area contributed by atoms with E-state index in [4.69, 9.17) is 4.74 Å². The largest absolute Gasteiger partial charge is 0.465 e. The molecule has 0 aromatic heterocycles. The molecule has 2 fully saturated rings. The summed E-state index contributed by atoms with van der Waals surface area (Å²) in [5.74, 6) is -0.638. The molecule has 11 heteroatoms. The molecule has 2 aromatic carbocycles. The van der Waals surface area contributed by atoms with Gasteiger partial charge in [0, 0.05) is 18.5 Å². The number of carbonyl (C=O) groups is 1. The lowest BCUT2D eigenvalue weighted by molar-refractivity contribution is -0.143. The zero-order valence-electron chi connectivity index (χ0n) is 23.3. The number of likely N-dealkylation sites (tertiary alicyclic amines) is 1. The highest BCUT2D eigenvalue weighted by Gasteiger charge is 2.55. The van der Waals surface area contributed by atoms with Crippen molar-refractivity contribution in [2.24, 2.45) is 17.3 Å². The van der Waals surface area contributed by atoms with Crippen LogP contribution in [-0.2, 0) is 17.1 Å². The number of halogens is 6. The SMILES string of the molecule is Cc1ccccc1[C@H]1[C@@H]2CN(C(=O)O)C(C(C)(C)C)[C@H]2CC[C@@H]1O[C@@H](CO)c1cc(C(F)(F)F)cc(C(F)(F)F)c1. The number of aliphatic hydroxyl groups is 1. The molecule has 6 atom stereocenters. The molecule has 0 radical (unpaired) electrons. The highest BCUT2D eigenvalue weighted by Crippen LogP contribution is 2.54. The minimum Gasteiger partial charge on any atom is -0.465 e. The van der Waals surface area contributed by atoms with Gasteiger partial charge in [-0.2, -0.15) is 26.3 Å². The second-order valence-electron chi connectivity index (χ2n) is 12.2. The third-order valence-corrected chi connectivity index (χ3v) is 8.51. The summed E-state index contributed by atoms with van der Waals surface area (Å²) in [6.07, 6.45) is -12.3. The lowest BCUT2D eigenvalue weighted by atomic mass is 9.64. The van der Waals surface area contributed by atoms with Gasteiger partial charge in [-0.15, -0.1) is 0 Å². The number of alkyl halides is 6. The van der Waals surface area contributed by atoms with Gasteiger partial charge in [-0.25, -0.2) is 4.79 Å². The van der Waals surface area contributed by atoms with Crippen LogP contribution in [0.15, 0.2) is 42.5 Å². The molecule has 1 amide bonds. The van der Waals surface area contributed by atoms with Crippen molar-refractivity contribution in [3.63, 3.8) is 0 Å². The minimum atomic E-state index is -5.04. The first-order valence-electron chi connectivity index (χ1n) is 13.5. The second kappa shape index (κ2) is 11.1. The first-order chi connectivity index (χ1) is 18.9. The van der Waals surface area contributed by atoms with Gasteiger partial charge in [-0.05, 0) is 71.9 Å². The van der Waals surface area contributed by atoms with Crippen LogP contribution in [0.5, 0.6) is 0 Å². The van der Waals surface area contributed by atoms with Crippen molar-refractivity contribution in [3.8, 4) is 0 Å². The number of hydrogen-bond donors (Lipinski definition) is 2. The fourth-order valence-corrected chi connectivity index (χ4v) is 6.96. The average Bonchev–Trinajstić information content (AvgIpc) is 3.27. The van der Waals surface area contributed by atoms with Crippen LogP contribution in [-0.4, -0.2) is 46.5 Å². The summed E-state index contributed by atoms with van der Waals surface area (Å²) in [6, 6.07) is 8.41. The number of ether oxygens (including phenoxy) is 1. The first kappa shape index (κ1) is 31.2. The van der Waals surface area contributed by atoms with Gasteiger partial charge in [0.25, 0.3) is 0 Å². The predicted octanol–water partition coefficient (Wildman–Crippen LogP) is 7.67. The van der Waals surface area contributed by atoms with Gasteiger partial charge in [-0.1, -0.05) is 45.0 Å². The Kier molecular flexibility index (Phi) is 8.46. The molecular weight excluding hydrogens is 552 g/mol. The maximum absolute atomic E-state index is 13.5. The Morgan fingerprint density at radius 1 is 0.976 bits per heavy atom. The van der Waals surface area contributed by atoms with Crippen LogP contribution in [0.4, 0.5) is 31.1 Å². The van der Waals surface area contributed by atoms with E-state index in [2.05, 4.69) is 0 Å². The van der Waals surface area contributed by atoms with Crippen LogP contribution in [0.2, 0.25) is 0 Å². The van der Waals surface area contributed by atoms with E-state index in [-0.39, 0.29) is 35.9 Å². The molecule has 5 nitrogen and oxygen atoms in total. The number of fused-ring (bicyclic) bond motifs is 1. The third kappa shape index (κ3) is 6.35. The molecular formula is C30H35F6NO4. The van der Waals surface area contributed by atoms with Gasteiger partial charge >= 0.3 is 18.4 Å². The Labute approximate surface area is 235 Å². The lowest BCUT2D eigenvalue weighted by Gasteiger charge is -2.44. The molecule has 1 aliphatic carbocycles. The zero-order valence-corrected chi connectivity index (χ0v) is 23.3. The second-order valence-corrected chi connectivity index (χ2v) is 12.2. The third-order valence-electron chi connectivity index (χ3n) is 8.51. The monoisotopic (exact) mass is 587 g/mol. The zero-order chi connectivity index (χ0) is 30.5. The molecule has 1 saturated carbocycles. The van der Waals surface area contributed by atoms with Gasteiger partial charge in [0.05, 0.1) is 23.8 Å². The predicted molar refractivity (Wildman–Crippen MR) is 139 cm³/mol. The van der Waals surface area contributed by atoms with Crippen molar-refractivity contribution in [2.45, 2.75) is 77.1 Å². The molecule has 1 heterocycles. The van der Waals surface area contributed by atoms with Gasteiger partial charge < -0.3 is 19.8 Å². The van der Waals surface area contributed by atoms with Crippen molar-refractivity contribution in [2.75, 3.05) is 13.2 Å². The van der Waals surface area contributed by atoms with E-state index in [0.717, 1.165) is 11.1 Å². The summed E-state index contributed by atoms with van der Waals surface area (Å²) >= 11 is 0. The molecule has 2 aliphatic rings. The summed E-state index contributed by atoms with van der Waals surface area (Å²) in [7, 11) is 0. The summed E-state index contributed by atoms with van der Waals surface area (Å²) in [6.45, 7) is 7.22. The molecule has 0 bridgehead atoms. The quantitative estimate of drug-likeness (QED) is 0.353. The van der Waals surface area contributed by atoms with E-state index in [0.29, 0.717) is 25.0 Å². The van der Waals surface area contributed by atoms with Crippen molar-refractivity contribution >= 4 is 6.09 Å². The number of rotatable bonds is 5. The minimum absolute atomic E-state index is 0.0338. The van der Waals surface area contributed by atoms with E-state index in [1.54, 1.807) is 0 Å². The number of hydrogen-bond acceptors (Lipinski definition) is 3. The van der Waals surface area contributed by atoms with Crippen LogP contribution >= 0.6 is 0 Å². The van der Waals surface area contributed by atoms with Gasteiger partial charge in [0.15, 0.2) is 0 Å². The Balaban J connectivity index is 1.77. The normalized spacial score (nSPS) is 26.1. The molecule has 226 valence electrons. The number of amides is 1. The smallest absolute Gasteiger partial charge is 0.416 e. The molecule has 2 aromatic rings. The standard InChI is InChI=1S/C30H35F6NO4/c1-16-7-5-6-8-20(16)25-22-14-37(27(39)40)26(28(2,3)4)21(22)9-10-23(25)41-24(15-38)17-11-18(29(31,32)33)13-19(12-17)30(34,35)36/h5-8,11-13,21-26,38H,9-10,14-15H2,1-4H3,(H,39,40)/t21-,22+,23-,24-,25-,26?/m0/s1. The van der Waals surface area contributed by atoms with E-state index in [1.165, 1.54) is 4.90 Å². The molecule has 1 unspecified atom stereocenters.